The molecule has 2 atom stereocenters. The average Bonchev–Trinajstić information content (AvgIpc) is 2.80. The number of likely N-dealkylation sites (tertiary alicyclic amines) is 1. The molecule has 2 aliphatic rings. The van der Waals surface area contributed by atoms with Crippen LogP contribution < -0.4 is 11.1 Å². The number of anilines is 1. The van der Waals surface area contributed by atoms with Crippen LogP contribution in [0, 0.1) is 5.92 Å². The van der Waals surface area contributed by atoms with Crippen molar-refractivity contribution in [3.8, 4) is 0 Å². The molecule has 0 radical (unpaired) electrons. The number of aliphatic hydroxyl groups is 1. The fourth-order valence-corrected chi connectivity index (χ4v) is 5.12. The summed E-state index contributed by atoms with van der Waals surface area (Å²) >= 11 is 0. The minimum absolute atomic E-state index is 0.123. The zero-order valence-electron chi connectivity index (χ0n) is 18.7. The fraction of sp³-hybridized carbons (Fsp3) is 0.520. The van der Waals surface area contributed by atoms with Gasteiger partial charge in [-0.15, -0.1) is 0 Å². The molecule has 8 heteroatoms. The Balaban J connectivity index is 1.42. The summed E-state index contributed by atoms with van der Waals surface area (Å²) in [6, 6.07) is 14.0. The highest BCUT2D eigenvalue weighted by atomic mass is 19.3. The number of nitrogens with zero attached hydrogens (tertiary/aromatic N) is 2. The van der Waals surface area contributed by atoms with Gasteiger partial charge in [-0.1, -0.05) is 36.4 Å². The Labute approximate surface area is 193 Å². The number of pyridine rings is 1. The lowest BCUT2D eigenvalue weighted by atomic mass is 9.71. The average molecular weight is 459 g/mol. The minimum atomic E-state index is -2.87. The monoisotopic (exact) mass is 458 g/mol. The van der Waals surface area contributed by atoms with E-state index in [1.54, 1.807) is 36.4 Å². The molecule has 0 unspecified atom stereocenters. The first-order valence-corrected chi connectivity index (χ1v) is 11.7. The van der Waals surface area contributed by atoms with Crippen molar-refractivity contribution >= 4 is 11.7 Å². The van der Waals surface area contributed by atoms with Crippen molar-refractivity contribution in [2.24, 2.45) is 5.92 Å². The van der Waals surface area contributed by atoms with E-state index >= 15 is 0 Å². The molecule has 0 bridgehead atoms. The van der Waals surface area contributed by atoms with Crippen LogP contribution in [-0.4, -0.2) is 46.0 Å². The highest BCUT2D eigenvalue weighted by Gasteiger charge is 2.51. The summed E-state index contributed by atoms with van der Waals surface area (Å²) in [7, 11) is 0. The Kier molecular flexibility index (Phi) is 6.95. The molecular weight excluding hydrogens is 426 g/mol. The molecule has 2 heterocycles. The highest BCUT2D eigenvalue weighted by molar-refractivity contribution is 5.87. The fourth-order valence-electron chi connectivity index (χ4n) is 5.12. The predicted octanol–water partition coefficient (Wildman–Crippen LogP) is 3.46. The van der Waals surface area contributed by atoms with Crippen molar-refractivity contribution in [1.29, 1.82) is 0 Å². The van der Waals surface area contributed by atoms with Gasteiger partial charge in [0, 0.05) is 44.4 Å². The second-order valence-electron chi connectivity index (χ2n) is 9.36. The number of rotatable bonds is 6. The van der Waals surface area contributed by atoms with Gasteiger partial charge in [-0.25, -0.2) is 13.8 Å². The number of hydrogen-bond donors (Lipinski definition) is 3. The largest absolute Gasteiger partial charge is 0.384 e. The van der Waals surface area contributed by atoms with E-state index in [1.165, 1.54) is 0 Å². The summed E-state index contributed by atoms with van der Waals surface area (Å²) in [5.74, 6) is -3.79. The number of nitrogens with two attached hydrogens (primary N) is 1. The molecule has 2 fully saturated rings. The Bertz CT molecular complexity index is 950. The molecule has 1 aliphatic heterocycles. The summed E-state index contributed by atoms with van der Waals surface area (Å²) in [5, 5.41) is 14.6. The third kappa shape index (κ3) is 5.50. The molecule has 1 saturated heterocycles. The van der Waals surface area contributed by atoms with Gasteiger partial charge in [0.2, 0.25) is 5.92 Å². The van der Waals surface area contributed by atoms with Crippen LogP contribution in [0.15, 0.2) is 48.5 Å². The minimum Gasteiger partial charge on any atom is -0.384 e. The lowest BCUT2D eigenvalue weighted by molar-refractivity contribution is -0.159. The van der Waals surface area contributed by atoms with Gasteiger partial charge in [0.15, 0.2) is 5.60 Å². The maximum atomic E-state index is 14.2. The van der Waals surface area contributed by atoms with Crippen molar-refractivity contribution in [2.45, 2.75) is 62.6 Å². The molecule has 1 aromatic heterocycles. The van der Waals surface area contributed by atoms with Crippen molar-refractivity contribution in [3.63, 3.8) is 0 Å². The second kappa shape index (κ2) is 9.73. The molecule has 1 amide bonds. The zero-order chi connectivity index (χ0) is 23.5. The van der Waals surface area contributed by atoms with Crippen molar-refractivity contribution in [2.75, 3.05) is 18.8 Å². The van der Waals surface area contributed by atoms with E-state index in [1.807, 2.05) is 12.1 Å². The van der Waals surface area contributed by atoms with Crippen LogP contribution in [0.1, 0.15) is 49.8 Å². The van der Waals surface area contributed by atoms with Gasteiger partial charge >= 0.3 is 0 Å². The third-order valence-electron chi connectivity index (χ3n) is 6.93. The van der Waals surface area contributed by atoms with Crippen LogP contribution in [0.3, 0.4) is 0 Å². The molecule has 6 nitrogen and oxygen atoms in total. The lowest BCUT2D eigenvalue weighted by Crippen LogP contribution is -2.55. The molecule has 1 saturated carbocycles. The second-order valence-corrected chi connectivity index (χ2v) is 9.36. The number of aromatic nitrogens is 1. The number of amides is 1. The molecule has 2 aromatic rings. The smallest absolute Gasteiger partial charge is 0.257 e. The van der Waals surface area contributed by atoms with Crippen LogP contribution in [0.2, 0.25) is 0 Å². The van der Waals surface area contributed by atoms with Gasteiger partial charge < -0.3 is 16.2 Å². The number of hydrogen-bond acceptors (Lipinski definition) is 5. The maximum absolute atomic E-state index is 14.2. The molecular formula is C25H32F2N4O2. The van der Waals surface area contributed by atoms with Gasteiger partial charge in [-0.3, -0.25) is 9.69 Å². The molecule has 4 N–H and O–H groups in total. The molecule has 0 spiro atoms. The van der Waals surface area contributed by atoms with E-state index in [9.17, 15) is 18.7 Å². The van der Waals surface area contributed by atoms with Crippen LogP contribution in [0.25, 0.3) is 0 Å². The zero-order valence-corrected chi connectivity index (χ0v) is 18.7. The number of carbonyl (C=O) groups is 1. The van der Waals surface area contributed by atoms with Crippen LogP contribution >= 0.6 is 0 Å². The molecule has 33 heavy (non-hydrogen) atoms. The first kappa shape index (κ1) is 23.6. The van der Waals surface area contributed by atoms with Gasteiger partial charge in [0.05, 0.1) is 5.69 Å². The number of carbonyl (C=O) groups excluding carboxylic acids is 1. The Morgan fingerprint density at radius 1 is 1.15 bits per heavy atom. The van der Waals surface area contributed by atoms with Crippen LogP contribution in [0.5, 0.6) is 0 Å². The first-order chi connectivity index (χ1) is 15.8. The van der Waals surface area contributed by atoms with Gasteiger partial charge in [-0.05, 0) is 43.4 Å². The Hall–Kier alpha value is -2.58. The van der Waals surface area contributed by atoms with Crippen molar-refractivity contribution in [3.05, 3.63) is 59.8 Å². The van der Waals surface area contributed by atoms with E-state index in [0.29, 0.717) is 37.2 Å². The number of halogens is 2. The quantitative estimate of drug-likeness (QED) is 0.617. The summed E-state index contributed by atoms with van der Waals surface area (Å²) in [6.45, 7) is 2.19. The van der Waals surface area contributed by atoms with E-state index in [-0.39, 0.29) is 18.9 Å². The number of nitrogens with one attached hydrogen (secondary N) is 1. The van der Waals surface area contributed by atoms with Crippen molar-refractivity contribution < 1.29 is 18.7 Å². The number of benzene rings is 1. The van der Waals surface area contributed by atoms with E-state index in [4.69, 9.17) is 5.73 Å². The standard InChI is InChI=1S/C25H32F2N4O2/c26-24(27)13-5-8-19(16-24)25(33,18-6-2-1-3-7-18)23(32)30-20-11-14-31(15-12-20)17-21-9-4-10-22(28)29-21/h1-4,6-7,9-10,19-20,33H,5,8,11-17H2,(H2,28,29)(H,30,32)/t19-,25+/m1/s1. The number of nitrogen functional groups attached to an aromatic ring is 1. The normalized spacial score (nSPS) is 23.5. The molecule has 4 rings (SSSR count). The summed E-state index contributed by atoms with van der Waals surface area (Å²) < 4.78 is 28.4. The molecule has 178 valence electrons. The predicted molar refractivity (Wildman–Crippen MR) is 122 cm³/mol. The molecule has 1 aliphatic carbocycles. The van der Waals surface area contributed by atoms with Crippen molar-refractivity contribution in [1.82, 2.24) is 15.2 Å². The highest BCUT2D eigenvalue weighted by Crippen LogP contribution is 2.45. The van der Waals surface area contributed by atoms with Gasteiger partial charge in [-0.2, -0.15) is 0 Å². The van der Waals surface area contributed by atoms with Gasteiger partial charge in [0.1, 0.15) is 5.82 Å². The number of piperidine rings is 1. The summed E-state index contributed by atoms with van der Waals surface area (Å²) in [4.78, 5) is 20.0. The maximum Gasteiger partial charge on any atom is 0.257 e. The Morgan fingerprint density at radius 2 is 1.88 bits per heavy atom. The molecule has 1 aromatic carbocycles. The van der Waals surface area contributed by atoms with E-state index < -0.39 is 29.8 Å². The number of alkyl halides is 2. The SMILES string of the molecule is Nc1cccc(CN2CCC(NC(=O)[C@](O)(c3ccccc3)[C@@H]3CCCC(F)(F)C3)CC2)n1. The lowest BCUT2D eigenvalue weighted by Gasteiger charge is -2.41. The van der Waals surface area contributed by atoms with Crippen LogP contribution in [-0.2, 0) is 16.9 Å². The van der Waals surface area contributed by atoms with E-state index in [0.717, 1.165) is 18.8 Å². The van der Waals surface area contributed by atoms with E-state index in [2.05, 4.69) is 15.2 Å². The topological polar surface area (TPSA) is 91.5 Å². The first-order valence-electron chi connectivity index (χ1n) is 11.7. The summed E-state index contributed by atoms with van der Waals surface area (Å²) in [5.41, 5.74) is 5.05. The third-order valence-corrected chi connectivity index (χ3v) is 6.93. The van der Waals surface area contributed by atoms with Gasteiger partial charge in [0.25, 0.3) is 5.91 Å². The van der Waals surface area contributed by atoms with Crippen LogP contribution in [0.4, 0.5) is 14.6 Å². The Morgan fingerprint density at radius 3 is 2.55 bits per heavy atom. The summed E-state index contributed by atoms with van der Waals surface area (Å²) in [6.07, 6.45) is 1.41.